The van der Waals surface area contributed by atoms with E-state index in [9.17, 15) is 4.79 Å². The molecular formula is C17H28N4O. The van der Waals surface area contributed by atoms with Gasteiger partial charge in [0.1, 0.15) is 0 Å². The van der Waals surface area contributed by atoms with Gasteiger partial charge in [0.05, 0.1) is 13.1 Å². The highest BCUT2D eigenvalue weighted by Gasteiger charge is 2.06. The number of rotatable bonds is 6. The van der Waals surface area contributed by atoms with Gasteiger partial charge in [0.25, 0.3) is 0 Å². The molecule has 1 rings (SSSR count). The monoisotopic (exact) mass is 304 g/mol. The first-order valence-corrected chi connectivity index (χ1v) is 7.72. The van der Waals surface area contributed by atoms with Crippen LogP contribution in [0, 0.1) is 13.8 Å². The van der Waals surface area contributed by atoms with Crippen molar-refractivity contribution in [3.63, 3.8) is 0 Å². The first-order chi connectivity index (χ1) is 10.4. The van der Waals surface area contributed by atoms with Crippen LogP contribution in [0.15, 0.2) is 23.2 Å². The van der Waals surface area contributed by atoms with Crippen LogP contribution in [0.1, 0.15) is 30.0 Å². The summed E-state index contributed by atoms with van der Waals surface area (Å²) in [4.78, 5) is 17.8. The number of aliphatic imine (C=N–C) groups is 1. The van der Waals surface area contributed by atoms with E-state index in [-0.39, 0.29) is 12.5 Å². The van der Waals surface area contributed by atoms with Crippen molar-refractivity contribution in [3.8, 4) is 0 Å². The Balaban J connectivity index is 2.71. The molecule has 0 unspecified atom stereocenters. The second kappa shape index (κ2) is 9.07. The number of hydrogen-bond donors (Lipinski definition) is 2. The van der Waals surface area contributed by atoms with E-state index in [2.05, 4.69) is 54.6 Å². The number of carbonyl (C=O) groups excluding carboxylic acids is 1. The lowest BCUT2D eigenvalue weighted by Crippen LogP contribution is -2.43. The third-order valence-electron chi connectivity index (χ3n) is 3.35. The van der Waals surface area contributed by atoms with Gasteiger partial charge < -0.3 is 15.5 Å². The Morgan fingerprint density at radius 3 is 2.55 bits per heavy atom. The predicted molar refractivity (Wildman–Crippen MR) is 92.0 cm³/mol. The fourth-order valence-corrected chi connectivity index (χ4v) is 1.92. The van der Waals surface area contributed by atoms with Crippen molar-refractivity contribution in [1.82, 2.24) is 15.5 Å². The fourth-order valence-electron chi connectivity index (χ4n) is 1.92. The molecule has 5 nitrogen and oxygen atoms in total. The number of nitrogens with zero attached hydrogens (tertiary/aromatic N) is 2. The summed E-state index contributed by atoms with van der Waals surface area (Å²) >= 11 is 0. The van der Waals surface area contributed by atoms with Gasteiger partial charge in [0.2, 0.25) is 5.91 Å². The van der Waals surface area contributed by atoms with Gasteiger partial charge in [-0.3, -0.25) is 4.79 Å². The van der Waals surface area contributed by atoms with Gasteiger partial charge in [-0.25, -0.2) is 4.99 Å². The van der Waals surface area contributed by atoms with Crippen molar-refractivity contribution < 1.29 is 4.79 Å². The first-order valence-electron chi connectivity index (χ1n) is 7.72. The second-order valence-corrected chi connectivity index (χ2v) is 5.66. The Labute approximate surface area is 133 Å². The van der Waals surface area contributed by atoms with E-state index in [0.717, 1.165) is 13.0 Å². The molecule has 0 heterocycles. The highest BCUT2D eigenvalue weighted by Crippen LogP contribution is 2.11. The van der Waals surface area contributed by atoms with Gasteiger partial charge in [0.15, 0.2) is 5.96 Å². The van der Waals surface area contributed by atoms with Crippen LogP contribution < -0.4 is 10.6 Å². The SMILES string of the molecule is CCCNC(=NCc1ccc(C)cc1C)NCC(=O)N(C)C. The van der Waals surface area contributed by atoms with Gasteiger partial charge in [-0.1, -0.05) is 30.7 Å². The largest absolute Gasteiger partial charge is 0.356 e. The summed E-state index contributed by atoms with van der Waals surface area (Å²) in [6.45, 7) is 7.95. The van der Waals surface area contributed by atoms with E-state index in [1.807, 2.05) is 0 Å². The minimum absolute atomic E-state index is 0.0255. The normalized spacial score (nSPS) is 11.2. The smallest absolute Gasteiger partial charge is 0.241 e. The topological polar surface area (TPSA) is 56.7 Å². The average molecular weight is 304 g/mol. The number of carbonyl (C=O) groups is 1. The quantitative estimate of drug-likeness (QED) is 0.623. The zero-order valence-corrected chi connectivity index (χ0v) is 14.4. The second-order valence-electron chi connectivity index (χ2n) is 5.66. The van der Waals surface area contributed by atoms with E-state index in [4.69, 9.17) is 0 Å². The van der Waals surface area contributed by atoms with Crippen molar-refractivity contribution >= 4 is 11.9 Å². The molecule has 0 saturated heterocycles. The molecule has 0 aliphatic heterocycles. The van der Waals surface area contributed by atoms with Crippen molar-refractivity contribution in [2.24, 2.45) is 4.99 Å². The number of guanidine groups is 1. The van der Waals surface area contributed by atoms with E-state index in [1.54, 1.807) is 19.0 Å². The molecule has 0 radical (unpaired) electrons. The Morgan fingerprint density at radius 1 is 1.23 bits per heavy atom. The molecule has 0 bridgehead atoms. The minimum Gasteiger partial charge on any atom is -0.356 e. The van der Waals surface area contributed by atoms with Crippen LogP contribution in [0.5, 0.6) is 0 Å². The number of hydrogen-bond acceptors (Lipinski definition) is 2. The molecule has 1 aromatic carbocycles. The van der Waals surface area contributed by atoms with Crippen LogP contribution in [-0.2, 0) is 11.3 Å². The average Bonchev–Trinajstić information content (AvgIpc) is 2.47. The number of nitrogens with one attached hydrogen (secondary N) is 2. The zero-order chi connectivity index (χ0) is 16.5. The van der Waals surface area contributed by atoms with Gasteiger partial charge in [-0.05, 0) is 31.4 Å². The molecular weight excluding hydrogens is 276 g/mol. The summed E-state index contributed by atoms with van der Waals surface area (Å²) in [5.74, 6) is 0.703. The van der Waals surface area contributed by atoms with Gasteiger partial charge in [0, 0.05) is 20.6 Å². The summed E-state index contributed by atoms with van der Waals surface area (Å²) in [6.07, 6.45) is 1.01. The van der Waals surface area contributed by atoms with E-state index in [0.29, 0.717) is 12.5 Å². The molecule has 0 saturated carbocycles. The van der Waals surface area contributed by atoms with Crippen molar-refractivity contribution in [3.05, 3.63) is 34.9 Å². The van der Waals surface area contributed by atoms with Gasteiger partial charge >= 0.3 is 0 Å². The van der Waals surface area contributed by atoms with E-state index >= 15 is 0 Å². The molecule has 5 heteroatoms. The number of benzene rings is 1. The molecule has 1 aromatic rings. The van der Waals surface area contributed by atoms with Crippen LogP contribution in [0.25, 0.3) is 0 Å². The summed E-state index contributed by atoms with van der Waals surface area (Å²) in [5.41, 5.74) is 3.69. The lowest BCUT2D eigenvalue weighted by atomic mass is 10.1. The number of aryl methyl sites for hydroxylation is 2. The Hall–Kier alpha value is -2.04. The zero-order valence-electron chi connectivity index (χ0n) is 14.4. The van der Waals surface area contributed by atoms with Gasteiger partial charge in [-0.15, -0.1) is 0 Å². The molecule has 1 amide bonds. The van der Waals surface area contributed by atoms with Crippen molar-refractivity contribution in [2.75, 3.05) is 27.2 Å². The van der Waals surface area contributed by atoms with Crippen molar-refractivity contribution in [1.29, 1.82) is 0 Å². The summed E-state index contributed by atoms with van der Waals surface area (Å²) in [6, 6.07) is 6.36. The third-order valence-corrected chi connectivity index (χ3v) is 3.35. The van der Waals surface area contributed by atoms with Crippen LogP contribution in [0.2, 0.25) is 0 Å². The maximum Gasteiger partial charge on any atom is 0.241 e. The third kappa shape index (κ3) is 6.16. The Bertz CT molecular complexity index is 523. The molecule has 0 spiro atoms. The Morgan fingerprint density at radius 2 is 1.95 bits per heavy atom. The molecule has 0 aromatic heterocycles. The maximum atomic E-state index is 11.7. The predicted octanol–water partition coefficient (Wildman–Crippen LogP) is 1.84. The summed E-state index contributed by atoms with van der Waals surface area (Å²) in [7, 11) is 3.49. The number of amides is 1. The van der Waals surface area contributed by atoms with Crippen LogP contribution >= 0.6 is 0 Å². The fraction of sp³-hybridized carbons (Fsp3) is 0.529. The molecule has 0 aliphatic rings. The van der Waals surface area contributed by atoms with E-state index in [1.165, 1.54) is 16.7 Å². The lowest BCUT2D eigenvalue weighted by Gasteiger charge is -2.15. The molecule has 122 valence electrons. The van der Waals surface area contributed by atoms with Crippen LogP contribution in [0.3, 0.4) is 0 Å². The molecule has 0 aliphatic carbocycles. The molecule has 22 heavy (non-hydrogen) atoms. The Kier molecular flexibility index (Phi) is 7.43. The summed E-state index contributed by atoms with van der Waals surface area (Å²) < 4.78 is 0. The first kappa shape index (κ1) is 18.0. The molecule has 2 N–H and O–H groups in total. The lowest BCUT2D eigenvalue weighted by molar-refractivity contribution is -0.127. The van der Waals surface area contributed by atoms with Crippen LogP contribution in [0.4, 0.5) is 0 Å². The maximum absolute atomic E-state index is 11.7. The highest BCUT2D eigenvalue weighted by molar-refractivity contribution is 5.86. The minimum atomic E-state index is 0.0255. The molecule has 0 atom stereocenters. The van der Waals surface area contributed by atoms with Crippen molar-refractivity contribution in [2.45, 2.75) is 33.7 Å². The number of likely N-dealkylation sites (N-methyl/N-ethyl adjacent to an activating group) is 1. The van der Waals surface area contributed by atoms with Gasteiger partial charge in [-0.2, -0.15) is 0 Å². The molecule has 0 fully saturated rings. The van der Waals surface area contributed by atoms with Crippen LogP contribution in [-0.4, -0.2) is 44.0 Å². The summed E-state index contributed by atoms with van der Waals surface area (Å²) in [5, 5.41) is 6.32. The van der Waals surface area contributed by atoms with E-state index < -0.39 is 0 Å². The standard InChI is InChI=1S/C17H28N4O/c1-6-9-18-17(20-12-16(22)21(4)5)19-11-15-8-7-13(2)10-14(15)3/h7-8,10H,6,9,11-12H2,1-5H3,(H2,18,19,20). The highest BCUT2D eigenvalue weighted by atomic mass is 16.2.